The Morgan fingerprint density at radius 1 is 0.750 bits per heavy atom. The monoisotopic (exact) mass is 378 g/mol. The van der Waals surface area contributed by atoms with Crippen molar-refractivity contribution in [1.82, 2.24) is 0 Å². The van der Waals surface area contributed by atoms with Crippen LogP contribution in [0.5, 0.6) is 0 Å². The first-order valence-corrected chi connectivity index (χ1v) is 11.6. The van der Waals surface area contributed by atoms with Crippen molar-refractivity contribution in [2.24, 2.45) is 5.92 Å². The summed E-state index contributed by atoms with van der Waals surface area (Å²) in [7, 11) is 0. The quantitative estimate of drug-likeness (QED) is 0.379. The highest BCUT2D eigenvalue weighted by molar-refractivity contribution is 5.64. The molecule has 0 aromatic heterocycles. The van der Waals surface area contributed by atoms with Crippen LogP contribution in [0.4, 0.5) is 0 Å². The Balaban J connectivity index is 1.51. The van der Waals surface area contributed by atoms with Crippen LogP contribution in [-0.4, -0.2) is 6.61 Å². The molecule has 0 N–H and O–H groups in total. The number of hydrogen-bond donors (Lipinski definition) is 0. The lowest BCUT2D eigenvalue weighted by Crippen LogP contribution is -2.20. The first kappa shape index (κ1) is 21.1. The largest absolute Gasteiger partial charge is 0.373 e. The van der Waals surface area contributed by atoms with Crippen LogP contribution in [0.1, 0.15) is 88.9 Å². The van der Waals surface area contributed by atoms with Crippen molar-refractivity contribution in [2.45, 2.75) is 84.2 Å². The molecule has 1 fully saturated rings. The standard InChI is InChI=1S/C27H38O/c1-3-5-7-8-10-22-11-14-24(15-12-22)25-16-18-26(19-17-25)27-20-13-23(21-28-27)9-6-4-2/h11-12,14-19,23,27H,3-10,13,20-21H2,1-2H3. The fourth-order valence-electron chi connectivity index (χ4n) is 4.30. The van der Waals surface area contributed by atoms with Crippen LogP contribution in [0.15, 0.2) is 48.5 Å². The van der Waals surface area contributed by atoms with Gasteiger partial charge in [0.2, 0.25) is 0 Å². The Hall–Kier alpha value is -1.60. The topological polar surface area (TPSA) is 9.23 Å². The van der Waals surface area contributed by atoms with Crippen LogP contribution in [0.25, 0.3) is 11.1 Å². The maximum Gasteiger partial charge on any atom is 0.0825 e. The lowest BCUT2D eigenvalue weighted by atomic mass is 9.90. The normalized spacial score (nSPS) is 19.6. The van der Waals surface area contributed by atoms with Gasteiger partial charge < -0.3 is 4.74 Å². The van der Waals surface area contributed by atoms with Crippen molar-refractivity contribution in [2.75, 3.05) is 6.61 Å². The Morgan fingerprint density at radius 2 is 1.43 bits per heavy atom. The Kier molecular flexibility index (Phi) is 8.61. The van der Waals surface area contributed by atoms with Crippen LogP contribution in [0.3, 0.4) is 0 Å². The highest BCUT2D eigenvalue weighted by Crippen LogP contribution is 2.33. The molecule has 1 aliphatic heterocycles. The Labute approximate surface area is 172 Å². The minimum absolute atomic E-state index is 0.289. The molecule has 0 aliphatic carbocycles. The molecule has 2 atom stereocenters. The molecule has 0 bridgehead atoms. The van der Waals surface area contributed by atoms with Crippen LogP contribution < -0.4 is 0 Å². The van der Waals surface area contributed by atoms with Crippen molar-refractivity contribution < 1.29 is 4.74 Å². The molecule has 1 saturated heterocycles. The third-order valence-electron chi connectivity index (χ3n) is 6.22. The van der Waals surface area contributed by atoms with E-state index in [0.29, 0.717) is 0 Å². The molecule has 0 spiro atoms. The maximum absolute atomic E-state index is 6.19. The van der Waals surface area contributed by atoms with Gasteiger partial charge in [-0.15, -0.1) is 0 Å². The molecule has 152 valence electrons. The van der Waals surface area contributed by atoms with Gasteiger partial charge in [-0.05, 0) is 60.3 Å². The third-order valence-corrected chi connectivity index (χ3v) is 6.22. The van der Waals surface area contributed by atoms with E-state index in [9.17, 15) is 0 Å². The van der Waals surface area contributed by atoms with Crippen LogP contribution in [0.2, 0.25) is 0 Å². The molecule has 1 heterocycles. The summed E-state index contributed by atoms with van der Waals surface area (Å²) in [5, 5.41) is 0. The summed E-state index contributed by atoms with van der Waals surface area (Å²) in [5.41, 5.74) is 5.42. The molecule has 1 aliphatic rings. The highest BCUT2D eigenvalue weighted by atomic mass is 16.5. The summed E-state index contributed by atoms with van der Waals surface area (Å²) in [6.07, 6.45) is 13.3. The number of hydrogen-bond acceptors (Lipinski definition) is 1. The molecule has 0 saturated carbocycles. The van der Waals surface area contributed by atoms with E-state index < -0.39 is 0 Å². The first-order chi connectivity index (χ1) is 13.8. The number of benzene rings is 2. The molecule has 2 aromatic carbocycles. The Bertz CT molecular complexity index is 662. The molecule has 2 unspecified atom stereocenters. The van der Waals surface area contributed by atoms with Gasteiger partial charge in [0.1, 0.15) is 0 Å². The van der Waals surface area contributed by atoms with E-state index in [-0.39, 0.29) is 6.10 Å². The molecule has 1 heteroatoms. The molecule has 0 radical (unpaired) electrons. The van der Waals surface area contributed by atoms with Gasteiger partial charge in [-0.2, -0.15) is 0 Å². The van der Waals surface area contributed by atoms with Gasteiger partial charge in [0.25, 0.3) is 0 Å². The van der Waals surface area contributed by atoms with Crippen LogP contribution in [-0.2, 0) is 11.2 Å². The molecular formula is C27H38O. The zero-order valence-corrected chi connectivity index (χ0v) is 18.0. The SMILES string of the molecule is CCCCCCc1ccc(-c2ccc(C3CCC(CCCC)CO3)cc2)cc1. The van der Waals surface area contributed by atoms with Gasteiger partial charge in [-0.25, -0.2) is 0 Å². The van der Waals surface area contributed by atoms with Crippen molar-refractivity contribution in [3.8, 4) is 11.1 Å². The number of aryl methyl sites for hydroxylation is 1. The summed E-state index contributed by atoms with van der Waals surface area (Å²) in [6, 6.07) is 18.2. The van der Waals surface area contributed by atoms with E-state index in [4.69, 9.17) is 4.74 Å². The smallest absolute Gasteiger partial charge is 0.0825 e. The number of unbranched alkanes of at least 4 members (excludes halogenated alkanes) is 4. The summed E-state index contributed by atoms with van der Waals surface area (Å²) >= 11 is 0. The second-order valence-electron chi connectivity index (χ2n) is 8.54. The van der Waals surface area contributed by atoms with Gasteiger partial charge >= 0.3 is 0 Å². The molecule has 2 aromatic rings. The minimum Gasteiger partial charge on any atom is -0.373 e. The van der Waals surface area contributed by atoms with Gasteiger partial charge in [0.15, 0.2) is 0 Å². The van der Waals surface area contributed by atoms with Crippen LogP contribution >= 0.6 is 0 Å². The predicted octanol–water partition coefficient (Wildman–Crippen LogP) is 8.13. The third kappa shape index (κ3) is 6.21. The summed E-state index contributed by atoms with van der Waals surface area (Å²) < 4.78 is 6.19. The van der Waals surface area contributed by atoms with Gasteiger partial charge in [-0.1, -0.05) is 94.5 Å². The average Bonchev–Trinajstić information content (AvgIpc) is 2.76. The van der Waals surface area contributed by atoms with E-state index in [1.54, 1.807) is 0 Å². The van der Waals surface area contributed by atoms with Crippen molar-refractivity contribution >= 4 is 0 Å². The van der Waals surface area contributed by atoms with E-state index in [0.717, 1.165) is 12.5 Å². The van der Waals surface area contributed by atoms with Gasteiger partial charge in [0.05, 0.1) is 12.7 Å². The molecule has 3 rings (SSSR count). The molecule has 1 nitrogen and oxygen atoms in total. The van der Waals surface area contributed by atoms with Gasteiger partial charge in [-0.3, -0.25) is 0 Å². The Morgan fingerprint density at radius 3 is 2.04 bits per heavy atom. The van der Waals surface area contributed by atoms with E-state index in [1.165, 1.54) is 86.5 Å². The zero-order chi connectivity index (χ0) is 19.6. The summed E-state index contributed by atoms with van der Waals surface area (Å²) in [4.78, 5) is 0. The molecular weight excluding hydrogens is 340 g/mol. The van der Waals surface area contributed by atoms with Gasteiger partial charge in [0, 0.05) is 0 Å². The maximum atomic E-state index is 6.19. The minimum atomic E-state index is 0.289. The van der Waals surface area contributed by atoms with E-state index >= 15 is 0 Å². The first-order valence-electron chi connectivity index (χ1n) is 11.6. The predicted molar refractivity (Wildman–Crippen MR) is 121 cm³/mol. The number of ether oxygens (including phenoxy) is 1. The number of rotatable bonds is 10. The second kappa shape index (κ2) is 11.4. The second-order valence-corrected chi connectivity index (χ2v) is 8.54. The van der Waals surface area contributed by atoms with E-state index in [2.05, 4.69) is 62.4 Å². The fraction of sp³-hybridized carbons (Fsp3) is 0.556. The van der Waals surface area contributed by atoms with Crippen LogP contribution in [0, 0.1) is 5.92 Å². The fourth-order valence-corrected chi connectivity index (χ4v) is 4.30. The highest BCUT2D eigenvalue weighted by Gasteiger charge is 2.22. The molecule has 28 heavy (non-hydrogen) atoms. The van der Waals surface area contributed by atoms with Crippen molar-refractivity contribution in [1.29, 1.82) is 0 Å². The lowest BCUT2D eigenvalue weighted by molar-refractivity contribution is -0.0197. The lowest BCUT2D eigenvalue weighted by Gasteiger charge is -2.29. The zero-order valence-electron chi connectivity index (χ0n) is 18.0. The van der Waals surface area contributed by atoms with Crippen molar-refractivity contribution in [3.05, 3.63) is 59.7 Å². The summed E-state index contributed by atoms with van der Waals surface area (Å²) in [5.74, 6) is 0.774. The average molecular weight is 379 g/mol. The molecule has 0 amide bonds. The summed E-state index contributed by atoms with van der Waals surface area (Å²) in [6.45, 7) is 5.48. The van der Waals surface area contributed by atoms with E-state index in [1.807, 2.05) is 0 Å². The van der Waals surface area contributed by atoms with Crippen molar-refractivity contribution in [3.63, 3.8) is 0 Å².